The van der Waals surface area contributed by atoms with Crippen LogP contribution in [0.3, 0.4) is 0 Å². The first-order valence-electron chi connectivity index (χ1n) is 7.30. The number of nitrogens with one attached hydrogen (secondary N) is 2. The highest BCUT2D eigenvalue weighted by Crippen LogP contribution is 2.12. The summed E-state index contributed by atoms with van der Waals surface area (Å²) in [5.74, 6) is 0.932. The number of aromatic nitrogens is 2. The Morgan fingerprint density at radius 1 is 1.36 bits per heavy atom. The summed E-state index contributed by atoms with van der Waals surface area (Å²) in [6, 6.07) is 8.75. The second-order valence-electron chi connectivity index (χ2n) is 5.50. The molecule has 22 heavy (non-hydrogen) atoms. The van der Waals surface area contributed by atoms with Crippen molar-refractivity contribution in [2.24, 2.45) is 7.05 Å². The molecule has 1 aromatic heterocycles. The number of nitrogens with zero attached hydrogens (tertiary/aromatic N) is 2. The lowest BCUT2D eigenvalue weighted by Gasteiger charge is -2.14. The molecule has 2 aromatic rings. The van der Waals surface area contributed by atoms with Gasteiger partial charge in [0.15, 0.2) is 0 Å². The summed E-state index contributed by atoms with van der Waals surface area (Å²) in [7, 11) is 1.79. The van der Waals surface area contributed by atoms with E-state index in [1.165, 1.54) is 0 Å². The Morgan fingerprint density at radius 3 is 2.64 bits per heavy atom. The summed E-state index contributed by atoms with van der Waals surface area (Å²) in [6.45, 7) is 3.85. The fourth-order valence-corrected chi connectivity index (χ4v) is 2.22. The van der Waals surface area contributed by atoms with E-state index in [1.807, 2.05) is 32.0 Å². The van der Waals surface area contributed by atoms with Gasteiger partial charge in [0.1, 0.15) is 11.6 Å². The van der Waals surface area contributed by atoms with E-state index in [9.17, 15) is 9.90 Å². The third-order valence-corrected chi connectivity index (χ3v) is 3.42. The van der Waals surface area contributed by atoms with Crippen LogP contribution >= 0.6 is 0 Å². The molecule has 1 heterocycles. The highest BCUT2D eigenvalue weighted by molar-refractivity contribution is 5.88. The minimum Gasteiger partial charge on any atom is -0.508 e. The zero-order valence-electron chi connectivity index (χ0n) is 13.1. The number of carbonyl (C=O) groups excluding carboxylic acids is 1. The SMILES string of the molecule is Cc1cc(NC(=O)NC(C)CCc2ccc(O)cc2)n(C)n1. The number of amides is 2. The predicted octanol–water partition coefficient (Wildman–Crippen LogP) is 2.58. The van der Waals surface area contributed by atoms with Crippen LogP contribution in [-0.4, -0.2) is 27.0 Å². The standard InChI is InChI=1S/C16H22N4O2/c1-11(4-5-13-6-8-14(21)9-7-13)17-16(22)18-15-10-12(2)19-20(15)3/h6-11,21H,4-5H2,1-3H3,(H2,17,18,22). The van der Waals surface area contributed by atoms with Gasteiger partial charge in [0, 0.05) is 19.2 Å². The molecule has 1 aromatic carbocycles. The molecule has 6 heteroatoms. The molecular formula is C16H22N4O2. The Balaban J connectivity index is 1.78. The largest absolute Gasteiger partial charge is 0.508 e. The van der Waals surface area contributed by atoms with E-state index in [0.717, 1.165) is 24.1 Å². The van der Waals surface area contributed by atoms with Gasteiger partial charge >= 0.3 is 6.03 Å². The van der Waals surface area contributed by atoms with Crippen molar-refractivity contribution in [1.82, 2.24) is 15.1 Å². The number of hydrogen-bond donors (Lipinski definition) is 3. The second-order valence-corrected chi connectivity index (χ2v) is 5.50. The second kappa shape index (κ2) is 6.98. The van der Waals surface area contributed by atoms with Crippen molar-refractivity contribution in [2.45, 2.75) is 32.7 Å². The van der Waals surface area contributed by atoms with E-state index >= 15 is 0 Å². The van der Waals surface area contributed by atoms with Crippen molar-refractivity contribution >= 4 is 11.8 Å². The van der Waals surface area contributed by atoms with Gasteiger partial charge in [-0.2, -0.15) is 5.10 Å². The van der Waals surface area contributed by atoms with Gasteiger partial charge in [-0.25, -0.2) is 4.79 Å². The van der Waals surface area contributed by atoms with Gasteiger partial charge in [0.25, 0.3) is 0 Å². The van der Waals surface area contributed by atoms with E-state index in [-0.39, 0.29) is 17.8 Å². The highest BCUT2D eigenvalue weighted by atomic mass is 16.3. The quantitative estimate of drug-likeness (QED) is 0.794. The number of urea groups is 1. The van der Waals surface area contributed by atoms with Gasteiger partial charge in [0.05, 0.1) is 5.69 Å². The maximum atomic E-state index is 11.9. The zero-order chi connectivity index (χ0) is 16.1. The van der Waals surface area contributed by atoms with Crippen LogP contribution in [0, 0.1) is 6.92 Å². The summed E-state index contributed by atoms with van der Waals surface area (Å²) in [4.78, 5) is 11.9. The molecule has 0 bridgehead atoms. The monoisotopic (exact) mass is 302 g/mol. The molecule has 2 rings (SSSR count). The Morgan fingerprint density at radius 2 is 2.05 bits per heavy atom. The number of carbonyl (C=O) groups is 1. The van der Waals surface area contributed by atoms with Gasteiger partial charge in [0.2, 0.25) is 0 Å². The normalized spacial score (nSPS) is 12.0. The van der Waals surface area contributed by atoms with Crippen LogP contribution in [0.15, 0.2) is 30.3 Å². The lowest BCUT2D eigenvalue weighted by Crippen LogP contribution is -2.36. The summed E-state index contributed by atoms with van der Waals surface area (Å²) in [5, 5.41) is 19.1. The van der Waals surface area contributed by atoms with Crippen LogP contribution in [0.5, 0.6) is 5.75 Å². The van der Waals surface area contributed by atoms with Gasteiger partial charge in [-0.3, -0.25) is 10.00 Å². The molecule has 0 fully saturated rings. The number of phenols is 1. The number of anilines is 1. The van der Waals surface area contributed by atoms with Crippen LogP contribution in [0.2, 0.25) is 0 Å². The molecular weight excluding hydrogens is 280 g/mol. The highest BCUT2D eigenvalue weighted by Gasteiger charge is 2.10. The van der Waals surface area contributed by atoms with Crippen molar-refractivity contribution < 1.29 is 9.90 Å². The van der Waals surface area contributed by atoms with Gasteiger partial charge in [-0.15, -0.1) is 0 Å². The molecule has 0 saturated carbocycles. The number of hydrogen-bond acceptors (Lipinski definition) is 3. The molecule has 2 amide bonds. The summed E-state index contributed by atoms with van der Waals surface area (Å²) >= 11 is 0. The average molecular weight is 302 g/mol. The van der Waals surface area contributed by atoms with Crippen LogP contribution < -0.4 is 10.6 Å². The third kappa shape index (κ3) is 4.51. The van der Waals surface area contributed by atoms with Crippen LogP contribution in [0.25, 0.3) is 0 Å². The fourth-order valence-electron chi connectivity index (χ4n) is 2.22. The van der Waals surface area contributed by atoms with E-state index in [4.69, 9.17) is 0 Å². The number of aryl methyl sites for hydroxylation is 3. The maximum Gasteiger partial charge on any atom is 0.320 e. The smallest absolute Gasteiger partial charge is 0.320 e. The van der Waals surface area contributed by atoms with E-state index < -0.39 is 0 Å². The number of benzene rings is 1. The van der Waals surface area contributed by atoms with Crippen LogP contribution in [0.1, 0.15) is 24.6 Å². The molecule has 0 radical (unpaired) electrons. The molecule has 0 aliphatic carbocycles. The molecule has 0 saturated heterocycles. The van der Waals surface area contributed by atoms with Crippen molar-refractivity contribution in [2.75, 3.05) is 5.32 Å². The average Bonchev–Trinajstić information content (AvgIpc) is 2.76. The van der Waals surface area contributed by atoms with Crippen molar-refractivity contribution in [1.29, 1.82) is 0 Å². The fraction of sp³-hybridized carbons (Fsp3) is 0.375. The van der Waals surface area contributed by atoms with Crippen LogP contribution in [0.4, 0.5) is 10.6 Å². The summed E-state index contributed by atoms with van der Waals surface area (Å²) in [5.41, 5.74) is 1.99. The lowest BCUT2D eigenvalue weighted by molar-refractivity contribution is 0.248. The van der Waals surface area contributed by atoms with Gasteiger partial charge in [-0.05, 0) is 44.4 Å². The first-order chi connectivity index (χ1) is 10.4. The number of rotatable bonds is 5. The minimum atomic E-state index is -0.235. The minimum absolute atomic E-state index is 0.0446. The zero-order valence-corrected chi connectivity index (χ0v) is 13.1. The molecule has 3 N–H and O–H groups in total. The van der Waals surface area contributed by atoms with Crippen LogP contribution in [-0.2, 0) is 13.5 Å². The number of phenolic OH excluding ortho intramolecular Hbond substituents is 1. The maximum absolute atomic E-state index is 11.9. The first kappa shape index (κ1) is 15.9. The van der Waals surface area contributed by atoms with Crippen molar-refractivity contribution in [3.63, 3.8) is 0 Å². The van der Waals surface area contributed by atoms with Gasteiger partial charge in [-0.1, -0.05) is 12.1 Å². The number of aromatic hydroxyl groups is 1. The predicted molar refractivity (Wildman–Crippen MR) is 86.0 cm³/mol. The Hall–Kier alpha value is -2.50. The molecule has 0 aliphatic rings. The topological polar surface area (TPSA) is 79.2 Å². The summed E-state index contributed by atoms with van der Waals surface area (Å²) < 4.78 is 1.63. The third-order valence-electron chi connectivity index (χ3n) is 3.42. The molecule has 0 aliphatic heterocycles. The van der Waals surface area contributed by atoms with E-state index in [1.54, 1.807) is 23.9 Å². The molecule has 1 atom stereocenters. The van der Waals surface area contributed by atoms with Crippen molar-refractivity contribution in [3.8, 4) is 5.75 Å². The lowest BCUT2D eigenvalue weighted by atomic mass is 10.1. The van der Waals surface area contributed by atoms with Crippen molar-refractivity contribution in [3.05, 3.63) is 41.6 Å². The first-order valence-corrected chi connectivity index (χ1v) is 7.30. The Labute approximate surface area is 130 Å². The Bertz CT molecular complexity index is 634. The van der Waals surface area contributed by atoms with E-state index in [2.05, 4.69) is 15.7 Å². The van der Waals surface area contributed by atoms with Gasteiger partial charge < -0.3 is 10.4 Å². The molecule has 1 unspecified atom stereocenters. The molecule has 0 spiro atoms. The Kier molecular flexibility index (Phi) is 5.04. The summed E-state index contributed by atoms with van der Waals surface area (Å²) in [6.07, 6.45) is 1.66. The van der Waals surface area contributed by atoms with E-state index in [0.29, 0.717) is 5.82 Å². The molecule has 6 nitrogen and oxygen atoms in total. The molecule has 118 valence electrons.